The van der Waals surface area contributed by atoms with E-state index in [4.69, 9.17) is 10.5 Å². The molecule has 17 heavy (non-hydrogen) atoms. The minimum Gasteiger partial charge on any atom is -0.480 e. The fraction of sp³-hybridized carbons (Fsp3) is 0.917. The van der Waals surface area contributed by atoms with Gasteiger partial charge in [-0.3, -0.25) is 9.69 Å². The van der Waals surface area contributed by atoms with Crippen molar-refractivity contribution in [2.75, 3.05) is 19.6 Å². The summed E-state index contributed by atoms with van der Waals surface area (Å²) in [4.78, 5) is 13.6. The van der Waals surface area contributed by atoms with Gasteiger partial charge in [-0.15, -0.1) is 0 Å². The second-order valence-corrected chi connectivity index (χ2v) is 5.77. The molecular weight excluding hydrogens is 220 g/mol. The lowest BCUT2D eigenvalue weighted by molar-refractivity contribution is -0.146. The van der Waals surface area contributed by atoms with Crippen LogP contribution in [0.25, 0.3) is 0 Å². The first-order valence-corrected chi connectivity index (χ1v) is 6.48. The van der Waals surface area contributed by atoms with E-state index in [1.165, 1.54) is 0 Å². The molecule has 3 unspecified atom stereocenters. The molecule has 3 fully saturated rings. The molecule has 0 radical (unpaired) electrons. The lowest BCUT2D eigenvalue weighted by Crippen LogP contribution is -2.60. The van der Waals surface area contributed by atoms with Gasteiger partial charge < -0.3 is 15.6 Å². The predicted octanol–water partition coefficient (Wildman–Crippen LogP) is 0.0417. The summed E-state index contributed by atoms with van der Waals surface area (Å²) in [6.07, 6.45) is 4.72. The molecule has 3 rings (SSSR count). The van der Waals surface area contributed by atoms with Crippen LogP contribution in [0, 0.1) is 5.92 Å². The zero-order chi connectivity index (χ0) is 12.0. The van der Waals surface area contributed by atoms with Gasteiger partial charge in [-0.05, 0) is 31.6 Å². The highest BCUT2D eigenvalue weighted by Crippen LogP contribution is 2.39. The molecular formula is C12H20N2O3. The third kappa shape index (κ3) is 2.07. The minimum absolute atomic E-state index is 0.167. The van der Waals surface area contributed by atoms with Gasteiger partial charge in [0.15, 0.2) is 0 Å². The van der Waals surface area contributed by atoms with Gasteiger partial charge in [0.05, 0.1) is 12.2 Å². The number of morpholine rings is 1. The topological polar surface area (TPSA) is 75.8 Å². The average molecular weight is 240 g/mol. The number of hydrogen-bond donors (Lipinski definition) is 2. The lowest BCUT2D eigenvalue weighted by atomic mass is 9.93. The van der Waals surface area contributed by atoms with E-state index >= 15 is 0 Å². The Hall–Kier alpha value is -0.650. The molecule has 1 aliphatic carbocycles. The molecule has 3 N–H and O–H groups in total. The Labute approximate surface area is 101 Å². The Morgan fingerprint density at radius 1 is 1.29 bits per heavy atom. The maximum Gasteiger partial charge on any atom is 0.325 e. The molecule has 3 aliphatic rings. The Bertz CT molecular complexity index is 320. The summed E-state index contributed by atoms with van der Waals surface area (Å²) in [7, 11) is 0. The van der Waals surface area contributed by atoms with Gasteiger partial charge in [0.1, 0.15) is 5.54 Å². The van der Waals surface area contributed by atoms with E-state index < -0.39 is 11.5 Å². The largest absolute Gasteiger partial charge is 0.480 e. The predicted molar refractivity (Wildman–Crippen MR) is 61.6 cm³/mol. The van der Waals surface area contributed by atoms with Crippen molar-refractivity contribution >= 4 is 5.97 Å². The maximum absolute atomic E-state index is 11.4. The summed E-state index contributed by atoms with van der Waals surface area (Å²) in [5, 5.41) is 9.34. The van der Waals surface area contributed by atoms with Crippen molar-refractivity contribution in [3.8, 4) is 0 Å². The molecule has 3 atom stereocenters. The molecule has 0 aromatic carbocycles. The monoisotopic (exact) mass is 240 g/mol. The number of carboxylic acids is 1. The second kappa shape index (κ2) is 3.93. The molecule has 0 aromatic rings. The SMILES string of the molecule is NC(CN1CC2CCC(C1)O2)(C(=O)O)C1CC1. The first-order valence-electron chi connectivity index (χ1n) is 6.48. The molecule has 5 nitrogen and oxygen atoms in total. The van der Waals surface area contributed by atoms with E-state index in [0.29, 0.717) is 18.8 Å². The Morgan fingerprint density at radius 3 is 2.35 bits per heavy atom. The van der Waals surface area contributed by atoms with Crippen LogP contribution in [0.2, 0.25) is 0 Å². The van der Waals surface area contributed by atoms with Crippen LogP contribution in [-0.2, 0) is 9.53 Å². The van der Waals surface area contributed by atoms with E-state index in [1.807, 2.05) is 0 Å². The average Bonchev–Trinajstić information content (AvgIpc) is 3.06. The van der Waals surface area contributed by atoms with Crippen molar-refractivity contribution in [3.63, 3.8) is 0 Å². The highest BCUT2D eigenvalue weighted by atomic mass is 16.5. The Morgan fingerprint density at radius 2 is 1.88 bits per heavy atom. The van der Waals surface area contributed by atoms with Crippen molar-refractivity contribution in [2.24, 2.45) is 11.7 Å². The van der Waals surface area contributed by atoms with Crippen LogP contribution in [0.4, 0.5) is 0 Å². The molecule has 0 aromatic heterocycles. The summed E-state index contributed by atoms with van der Waals surface area (Å²) < 4.78 is 5.75. The van der Waals surface area contributed by atoms with Crippen LogP contribution in [-0.4, -0.2) is 53.4 Å². The second-order valence-electron chi connectivity index (χ2n) is 5.77. The number of ether oxygens (including phenoxy) is 1. The van der Waals surface area contributed by atoms with Crippen molar-refractivity contribution in [2.45, 2.75) is 43.4 Å². The van der Waals surface area contributed by atoms with Gasteiger partial charge in [0, 0.05) is 19.6 Å². The van der Waals surface area contributed by atoms with Gasteiger partial charge in [-0.1, -0.05) is 0 Å². The van der Waals surface area contributed by atoms with Crippen LogP contribution in [0.1, 0.15) is 25.7 Å². The summed E-state index contributed by atoms with van der Waals surface area (Å²) in [5.74, 6) is -0.681. The molecule has 0 spiro atoms. The Balaban J connectivity index is 1.67. The van der Waals surface area contributed by atoms with Crippen LogP contribution in [0.5, 0.6) is 0 Å². The fourth-order valence-electron chi connectivity index (χ4n) is 3.17. The molecule has 1 saturated carbocycles. The molecule has 96 valence electrons. The summed E-state index contributed by atoms with van der Waals surface area (Å²) in [6, 6.07) is 0. The first-order chi connectivity index (χ1) is 8.08. The third-order valence-electron chi connectivity index (χ3n) is 4.31. The number of hydrogen-bond acceptors (Lipinski definition) is 4. The molecule has 2 aliphatic heterocycles. The molecule has 2 bridgehead atoms. The molecule has 0 amide bonds. The van der Waals surface area contributed by atoms with Crippen molar-refractivity contribution < 1.29 is 14.6 Å². The first kappa shape index (κ1) is 11.4. The van der Waals surface area contributed by atoms with Crippen LogP contribution in [0.15, 0.2) is 0 Å². The van der Waals surface area contributed by atoms with Gasteiger partial charge >= 0.3 is 5.97 Å². The van der Waals surface area contributed by atoms with Gasteiger partial charge in [0.25, 0.3) is 0 Å². The zero-order valence-corrected chi connectivity index (χ0v) is 9.97. The van der Waals surface area contributed by atoms with E-state index in [2.05, 4.69) is 4.90 Å². The summed E-state index contributed by atoms with van der Waals surface area (Å²) in [5.41, 5.74) is 5.06. The highest BCUT2D eigenvalue weighted by molar-refractivity contribution is 5.79. The standard InChI is InChI=1S/C12H20N2O3/c13-12(11(15)16,8-1-2-8)7-14-5-9-3-4-10(6-14)17-9/h8-10H,1-7,13H2,(H,15,16). The fourth-order valence-corrected chi connectivity index (χ4v) is 3.17. The van der Waals surface area contributed by atoms with Crippen LogP contribution in [0.3, 0.4) is 0 Å². The third-order valence-corrected chi connectivity index (χ3v) is 4.31. The number of nitrogens with zero attached hydrogens (tertiary/aromatic N) is 1. The number of likely N-dealkylation sites (tertiary alicyclic amines) is 1. The number of rotatable bonds is 4. The quantitative estimate of drug-likeness (QED) is 0.725. The van der Waals surface area contributed by atoms with E-state index in [-0.39, 0.29) is 5.92 Å². The summed E-state index contributed by atoms with van der Waals surface area (Å²) in [6.45, 7) is 2.16. The van der Waals surface area contributed by atoms with Crippen molar-refractivity contribution in [1.82, 2.24) is 4.90 Å². The summed E-state index contributed by atoms with van der Waals surface area (Å²) >= 11 is 0. The highest BCUT2D eigenvalue weighted by Gasteiger charge is 2.50. The number of carboxylic acid groups (broad SMARTS) is 1. The number of nitrogens with two attached hydrogens (primary N) is 1. The van der Waals surface area contributed by atoms with E-state index in [0.717, 1.165) is 38.8 Å². The Kier molecular flexibility index (Phi) is 2.65. The van der Waals surface area contributed by atoms with Crippen LogP contribution >= 0.6 is 0 Å². The number of fused-ring (bicyclic) bond motifs is 2. The molecule has 2 saturated heterocycles. The van der Waals surface area contributed by atoms with E-state index in [9.17, 15) is 9.90 Å². The lowest BCUT2D eigenvalue weighted by Gasteiger charge is -2.37. The van der Waals surface area contributed by atoms with Crippen molar-refractivity contribution in [3.05, 3.63) is 0 Å². The molecule has 5 heteroatoms. The van der Waals surface area contributed by atoms with Crippen molar-refractivity contribution in [1.29, 1.82) is 0 Å². The normalized spacial score (nSPS) is 36.8. The maximum atomic E-state index is 11.4. The van der Waals surface area contributed by atoms with Gasteiger partial charge in [0.2, 0.25) is 0 Å². The number of aliphatic carboxylic acids is 1. The smallest absolute Gasteiger partial charge is 0.325 e. The van der Waals surface area contributed by atoms with Gasteiger partial charge in [-0.2, -0.15) is 0 Å². The van der Waals surface area contributed by atoms with Gasteiger partial charge in [-0.25, -0.2) is 0 Å². The van der Waals surface area contributed by atoms with E-state index in [1.54, 1.807) is 0 Å². The zero-order valence-electron chi connectivity index (χ0n) is 9.97. The van der Waals surface area contributed by atoms with Crippen LogP contribution < -0.4 is 5.73 Å². The number of carbonyl (C=O) groups is 1. The minimum atomic E-state index is -1.04. The molecule has 2 heterocycles.